The van der Waals surface area contributed by atoms with Gasteiger partial charge in [-0.05, 0) is 29.5 Å². The average Bonchev–Trinajstić information content (AvgIpc) is 2.94. The van der Waals surface area contributed by atoms with Crippen LogP contribution in [-0.4, -0.2) is 15.3 Å². The van der Waals surface area contributed by atoms with Gasteiger partial charge in [0.2, 0.25) is 0 Å². The van der Waals surface area contributed by atoms with Gasteiger partial charge in [0, 0.05) is 16.0 Å². The Labute approximate surface area is 134 Å². The number of rotatable bonds is 4. The lowest BCUT2D eigenvalue weighted by molar-refractivity contribution is 0.0505. The Morgan fingerprint density at radius 2 is 1.95 bits per heavy atom. The Morgan fingerprint density at radius 1 is 1.23 bits per heavy atom. The summed E-state index contributed by atoms with van der Waals surface area (Å²) in [5.74, 6) is 0. The molecular formula is C18H19ClN2O. The van der Waals surface area contributed by atoms with Crippen molar-refractivity contribution in [3.63, 3.8) is 0 Å². The van der Waals surface area contributed by atoms with Gasteiger partial charge in [-0.15, -0.1) is 0 Å². The van der Waals surface area contributed by atoms with Crippen molar-refractivity contribution >= 4 is 22.5 Å². The molecule has 3 nitrogen and oxygen atoms in total. The summed E-state index contributed by atoms with van der Waals surface area (Å²) in [4.78, 5) is 0. The van der Waals surface area contributed by atoms with Crippen LogP contribution in [0.1, 0.15) is 31.1 Å². The van der Waals surface area contributed by atoms with Gasteiger partial charge < -0.3 is 5.11 Å². The van der Waals surface area contributed by atoms with Crippen molar-refractivity contribution < 1.29 is 5.11 Å². The number of aliphatic hydroxyl groups is 1. The monoisotopic (exact) mass is 314 g/mol. The van der Waals surface area contributed by atoms with Crippen molar-refractivity contribution in [2.45, 2.75) is 26.4 Å². The Balaban J connectivity index is 1.97. The molecule has 3 aromatic rings. The number of nitrogens with one attached hydrogen (secondary N) is 1. The highest BCUT2D eigenvalue weighted by Gasteiger charge is 2.31. The van der Waals surface area contributed by atoms with Crippen LogP contribution in [0, 0.1) is 5.41 Å². The maximum atomic E-state index is 10.9. The molecule has 0 spiro atoms. The van der Waals surface area contributed by atoms with Gasteiger partial charge in [-0.25, -0.2) is 0 Å². The number of nitrogens with zero attached hydrogens (tertiary/aromatic N) is 1. The van der Waals surface area contributed by atoms with E-state index in [0.717, 1.165) is 22.9 Å². The van der Waals surface area contributed by atoms with E-state index in [4.69, 9.17) is 11.6 Å². The lowest BCUT2D eigenvalue weighted by atomic mass is 9.77. The standard InChI is InChI=1S/C18H19ClN2O/c1-18(2,10-12-6-4-3-5-7-12)17(22)15-9-14(19)8-13-11-20-21-16(13)15/h3-9,11,17,22H,10H2,1-2H3,(H,20,21). The molecule has 4 heteroatoms. The molecule has 2 aromatic carbocycles. The largest absolute Gasteiger partial charge is 0.388 e. The lowest BCUT2D eigenvalue weighted by Crippen LogP contribution is -2.25. The zero-order valence-corrected chi connectivity index (χ0v) is 13.4. The first kappa shape index (κ1) is 15.1. The summed E-state index contributed by atoms with van der Waals surface area (Å²) in [6, 6.07) is 13.9. The number of H-pyrrole nitrogens is 1. The first-order valence-electron chi connectivity index (χ1n) is 7.32. The summed E-state index contributed by atoms with van der Waals surface area (Å²) < 4.78 is 0. The molecule has 0 saturated heterocycles. The number of hydrogen-bond acceptors (Lipinski definition) is 2. The fourth-order valence-electron chi connectivity index (χ4n) is 2.90. The molecule has 1 atom stereocenters. The minimum Gasteiger partial charge on any atom is -0.388 e. The first-order chi connectivity index (χ1) is 10.5. The maximum absolute atomic E-state index is 10.9. The van der Waals surface area contributed by atoms with E-state index < -0.39 is 6.10 Å². The van der Waals surface area contributed by atoms with E-state index in [9.17, 15) is 5.11 Å². The predicted molar refractivity (Wildman–Crippen MR) is 90.0 cm³/mol. The third-order valence-corrected chi connectivity index (χ3v) is 4.30. The second kappa shape index (κ2) is 5.75. The van der Waals surface area contributed by atoms with E-state index in [1.165, 1.54) is 5.56 Å². The van der Waals surface area contributed by atoms with Gasteiger partial charge in [0.05, 0.1) is 17.8 Å². The van der Waals surface area contributed by atoms with Crippen molar-refractivity contribution in [2.75, 3.05) is 0 Å². The Hall–Kier alpha value is -1.84. The SMILES string of the molecule is CC(C)(Cc1ccccc1)C(O)c1cc(Cl)cc2cn[nH]c12. The molecule has 1 unspecified atom stereocenters. The smallest absolute Gasteiger partial charge is 0.0865 e. The van der Waals surface area contributed by atoms with Crippen LogP contribution in [0.5, 0.6) is 0 Å². The van der Waals surface area contributed by atoms with Crippen molar-refractivity contribution in [3.05, 3.63) is 64.8 Å². The molecule has 1 aromatic heterocycles. The van der Waals surface area contributed by atoms with Crippen LogP contribution in [0.15, 0.2) is 48.7 Å². The van der Waals surface area contributed by atoms with Crippen LogP contribution in [0.25, 0.3) is 10.9 Å². The summed E-state index contributed by atoms with van der Waals surface area (Å²) in [5, 5.41) is 19.5. The molecule has 1 heterocycles. The number of aromatic amines is 1. The fraction of sp³-hybridized carbons (Fsp3) is 0.278. The van der Waals surface area contributed by atoms with Crippen LogP contribution in [0.2, 0.25) is 5.02 Å². The molecule has 0 fully saturated rings. The van der Waals surface area contributed by atoms with Crippen molar-refractivity contribution in [1.29, 1.82) is 0 Å². The molecule has 2 N–H and O–H groups in total. The maximum Gasteiger partial charge on any atom is 0.0865 e. The molecule has 0 aliphatic carbocycles. The van der Waals surface area contributed by atoms with Crippen LogP contribution in [-0.2, 0) is 6.42 Å². The summed E-state index contributed by atoms with van der Waals surface area (Å²) in [7, 11) is 0. The minimum atomic E-state index is -0.644. The van der Waals surface area contributed by atoms with Gasteiger partial charge in [0.15, 0.2) is 0 Å². The predicted octanol–water partition coefficient (Wildman–Crippen LogP) is 4.52. The van der Waals surface area contributed by atoms with Crippen LogP contribution < -0.4 is 0 Å². The molecular weight excluding hydrogens is 296 g/mol. The van der Waals surface area contributed by atoms with Crippen LogP contribution in [0.4, 0.5) is 0 Å². The van der Waals surface area contributed by atoms with Gasteiger partial charge in [-0.1, -0.05) is 55.8 Å². The third kappa shape index (κ3) is 2.87. The molecule has 114 valence electrons. The van der Waals surface area contributed by atoms with E-state index >= 15 is 0 Å². The molecule has 22 heavy (non-hydrogen) atoms. The van der Waals surface area contributed by atoms with Gasteiger partial charge >= 0.3 is 0 Å². The number of fused-ring (bicyclic) bond motifs is 1. The highest BCUT2D eigenvalue weighted by molar-refractivity contribution is 6.31. The van der Waals surface area contributed by atoms with Crippen molar-refractivity contribution in [3.8, 4) is 0 Å². The van der Waals surface area contributed by atoms with E-state index in [0.29, 0.717) is 5.02 Å². The molecule has 0 radical (unpaired) electrons. The normalized spacial score (nSPS) is 13.5. The number of aliphatic hydroxyl groups excluding tert-OH is 1. The fourth-order valence-corrected chi connectivity index (χ4v) is 3.14. The summed E-state index contributed by atoms with van der Waals surface area (Å²) in [6.45, 7) is 4.13. The quantitative estimate of drug-likeness (QED) is 0.744. The molecule has 3 rings (SSSR count). The zero-order valence-electron chi connectivity index (χ0n) is 12.7. The van der Waals surface area contributed by atoms with Gasteiger partial charge in [0.1, 0.15) is 0 Å². The van der Waals surface area contributed by atoms with Crippen LogP contribution >= 0.6 is 11.6 Å². The van der Waals surface area contributed by atoms with E-state index in [1.54, 1.807) is 6.20 Å². The van der Waals surface area contributed by atoms with Crippen LogP contribution in [0.3, 0.4) is 0 Å². The summed E-state index contributed by atoms with van der Waals surface area (Å²) in [5.41, 5.74) is 2.51. The second-order valence-electron chi connectivity index (χ2n) is 6.38. The Bertz CT molecular complexity index is 780. The third-order valence-electron chi connectivity index (χ3n) is 4.08. The summed E-state index contributed by atoms with van der Waals surface area (Å²) >= 11 is 6.18. The highest BCUT2D eigenvalue weighted by atomic mass is 35.5. The minimum absolute atomic E-state index is 0.329. The second-order valence-corrected chi connectivity index (χ2v) is 6.82. The average molecular weight is 315 g/mol. The topological polar surface area (TPSA) is 48.9 Å². The zero-order chi connectivity index (χ0) is 15.7. The molecule has 0 aliphatic rings. The van der Waals surface area contributed by atoms with Crippen molar-refractivity contribution in [1.82, 2.24) is 10.2 Å². The Morgan fingerprint density at radius 3 is 2.68 bits per heavy atom. The molecule has 0 bridgehead atoms. The number of halogens is 1. The van der Waals surface area contributed by atoms with E-state index in [-0.39, 0.29) is 5.41 Å². The van der Waals surface area contributed by atoms with Gasteiger partial charge in [0.25, 0.3) is 0 Å². The highest BCUT2D eigenvalue weighted by Crippen LogP contribution is 2.39. The first-order valence-corrected chi connectivity index (χ1v) is 7.70. The molecule has 0 saturated carbocycles. The number of benzene rings is 2. The van der Waals surface area contributed by atoms with Gasteiger partial charge in [-0.3, -0.25) is 5.10 Å². The van der Waals surface area contributed by atoms with E-state index in [2.05, 4.69) is 36.2 Å². The summed E-state index contributed by atoms with van der Waals surface area (Å²) in [6.07, 6.45) is 1.85. The Kier molecular flexibility index (Phi) is 3.94. The van der Waals surface area contributed by atoms with Gasteiger partial charge in [-0.2, -0.15) is 5.10 Å². The lowest BCUT2D eigenvalue weighted by Gasteiger charge is -2.31. The molecule has 0 aliphatic heterocycles. The van der Waals surface area contributed by atoms with E-state index in [1.807, 2.05) is 30.3 Å². The number of hydrogen-bond donors (Lipinski definition) is 2. The number of aromatic nitrogens is 2. The van der Waals surface area contributed by atoms with Crippen molar-refractivity contribution in [2.24, 2.45) is 5.41 Å². The molecule has 0 amide bonds.